The predicted octanol–water partition coefficient (Wildman–Crippen LogP) is 1.73. The van der Waals surface area contributed by atoms with Crippen molar-refractivity contribution in [2.75, 3.05) is 12.3 Å². The second-order valence-electron chi connectivity index (χ2n) is 2.71. The van der Waals surface area contributed by atoms with Gasteiger partial charge in [0, 0.05) is 13.0 Å². The predicted molar refractivity (Wildman–Crippen MR) is 59.5 cm³/mol. The van der Waals surface area contributed by atoms with Crippen molar-refractivity contribution >= 4 is 29.9 Å². The molecule has 4 heteroatoms. The number of carbonyl (C=O) groups excluding carboxylic acids is 1. The number of rotatable bonds is 5. The van der Waals surface area contributed by atoms with Gasteiger partial charge in [-0.2, -0.15) is 24.0 Å². The van der Waals surface area contributed by atoms with E-state index in [1.165, 1.54) is 5.56 Å². The summed E-state index contributed by atoms with van der Waals surface area (Å²) in [5, 5.41) is 6.99. The van der Waals surface area contributed by atoms with Gasteiger partial charge in [-0.05, 0) is 34.6 Å². The van der Waals surface area contributed by atoms with Crippen molar-refractivity contribution in [3.63, 3.8) is 0 Å². The fraction of sp³-hybridized carbons (Fsp3) is 0.444. The molecule has 1 N–H and O–H groups in total. The Morgan fingerprint density at radius 2 is 2.46 bits per heavy atom. The van der Waals surface area contributed by atoms with Gasteiger partial charge in [0.15, 0.2) is 0 Å². The van der Waals surface area contributed by atoms with Gasteiger partial charge >= 0.3 is 0 Å². The second kappa shape index (κ2) is 6.05. The van der Waals surface area contributed by atoms with E-state index in [1.54, 1.807) is 11.3 Å². The Hall–Kier alpha value is -0.480. The fourth-order valence-corrected chi connectivity index (χ4v) is 1.88. The summed E-state index contributed by atoms with van der Waals surface area (Å²) in [5.41, 5.74) is 1.29. The first-order chi connectivity index (χ1) is 6.33. The van der Waals surface area contributed by atoms with Crippen LogP contribution in [0.15, 0.2) is 16.8 Å². The van der Waals surface area contributed by atoms with E-state index >= 15 is 0 Å². The van der Waals surface area contributed by atoms with Crippen molar-refractivity contribution in [3.05, 3.63) is 22.4 Å². The lowest BCUT2D eigenvalue weighted by Crippen LogP contribution is -2.25. The molecule has 0 saturated heterocycles. The summed E-state index contributed by atoms with van der Waals surface area (Å²) < 4.78 is 0. The summed E-state index contributed by atoms with van der Waals surface area (Å²) in [6.07, 6.45) is 1.43. The van der Waals surface area contributed by atoms with Gasteiger partial charge in [-0.3, -0.25) is 4.79 Å². The first kappa shape index (κ1) is 10.6. The summed E-state index contributed by atoms with van der Waals surface area (Å²) >= 11 is 5.67. The highest BCUT2D eigenvalue weighted by molar-refractivity contribution is 7.80. The summed E-state index contributed by atoms with van der Waals surface area (Å²) in [6, 6.07) is 2.08. The van der Waals surface area contributed by atoms with Crippen LogP contribution >= 0.6 is 24.0 Å². The molecule has 0 aliphatic carbocycles. The molecule has 0 aromatic carbocycles. The lowest BCUT2D eigenvalue weighted by molar-refractivity contribution is -0.120. The first-order valence-corrected chi connectivity index (χ1v) is 5.79. The smallest absolute Gasteiger partial charge is 0.220 e. The van der Waals surface area contributed by atoms with Crippen LogP contribution in [0.4, 0.5) is 0 Å². The number of hydrogen-bond donors (Lipinski definition) is 2. The molecular weight excluding hydrogens is 202 g/mol. The highest BCUT2D eigenvalue weighted by Gasteiger charge is 1.98. The number of amides is 1. The van der Waals surface area contributed by atoms with Crippen LogP contribution in [0.2, 0.25) is 0 Å². The first-order valence-electron chi connectivity index (χ1n) is 4.21. The molecule has 1 amide bonds. The molecule has 0 atom stereocenters. The molecule has 0 spiro atoms. The van der Waals surface area contributed by atoms with Gasteiger partial charge in [-0.25, -0.2) is 0 Å². The van der Waals surface area contributed by atoms with E-state index in [4.69, 9.17) is 0 Å². The minimum Gasteiger partial charge on any atom is -0.356 e. The molecule has 1 aromatic heterocycles. The van der Waals surface area contributed by atoms with Gasteiger partial charge in [0.25, 0.3) is 0 Å². The van der Waals surface area contributed by atoms with Crippen molar-refractivity contribution in [1.82, 2.24) is 5.32 Å². The third kappa shape index (κ3) is 4.33. The number of carbonyl (C=O) groups is 1. The zero-order valence-corrected chi connectivity index (χ0v) is 9.04. The third-order valence-electron chi connectivity index (χ3n) is 1.65. The number of nitrogens with one attached hydrogen (secondary N) is 1. The average Bonchev–Trinajstić information content (AvgIpc) is 2.57. The van der Waals surface area contributed by atoms with Gasteiger partial charge in [0.05, 0.1) is 0 Å². The quantitative estimate of drug-likeness (QED) is 0.720. The minimum absolute atomic E-state index is 0.0882. The zero-order valence-electron chi connectivity index (χ0n) is 7.32. The zero-order chi connectivity index (χ0) is 9.52. The standard InChI is InChI=1S/C9H13NOS2/c11-9(2-5-12)10-4-1-8-3-6-13-7-8/h3,6-7,12H,1-2,4-5H2,(H,10,11). The van der Waals surface area contributed by atoms with Crippen LogP contribution in [-0.4, -0.2) is 18.2 Å². The molecule has 0 saturated carbocycles. The van der Waals surface area contributed by atoms with Gasteiger partial charge in [0.1, 0.15) is 0 Å². The van der Waals surface area contributed by atoms with Gasteiger partial charge < -0.3 is 5.32 Å². The summed E-state index contributed by atoms with van der Waals surface area (Å²) in [4.78, 5) is 11.0. The molecule has 0 fully saturated rings. The minimum atomic E-state index is 0.0882. The Kier molecular flexibility index (Phi) is 4.93. The van der Waals surface area contributed by atoms with Gasteiger partial charge in [-0.15, -0.1) is 0 Å². The SMILES string of the molecule is O=C(CCS)NCCc1ccsc1. The van der Waals surface area contributed by atoms with E-state index in [2.05, 4.69) is 29.4 Å². The Bertz CT molecular complexity index is 246. The molecule has 0 unspecified atom stereocenters. The maximum absolute atomic E-state index is 11.0. The second-order valence-corrected chi connectivity index (χ2v) is 3.93. The largest absolute Gasteiger partial charge is 0.356 e. The number of thiol groups is 1. The van der Waals surface area contributed by atoms with Crippen LogP contribution < -0.4 is 5.32 Å². The van der Waals surface area contributed by atoms with Crippen molar-refractivity contribution in [2.24, 2.45) is 0 Å². The average molecular weight is 215 g/mol. The Morgan fingerprint density at radius 1 is 1.62 bits per heavy atom. The maximum Gasteiger partial charge on any atom is 0.220 e. The van der Waals surface area contributed by atoms with E-state index in [0.717, 1.165) is 13.0 Å². The maximum atomic E-state index is 11.0. The molecule has 0 aliphatic rings. The molecule has 0 aliphatic heterocycles. The topological polar surface area (TPSA) is 29.1 Å². The van der Waals surface area contributed by atoms with Crippen LogP contribution in [0, 0.1) is 0 Å². The van der Waals surface area contributed by atoms with E-state index < -0.39 is 0 Å². The van der Waals surface area contributed by atoms with Gasteiger partial charge in [0.2, 0.25) is 5.91 Å². The van der Waals surface area contributed by atoms with Crippen LogP contribution in [0.1, 0.15) is 12.0 Å². The molecule has 0 bridgehead atoms. The van der Waals surface area contributed by atoms with Crippen molar-refractivity contribution < 1.29 is 4.79 Å². The Balaban J connectivity index is 2.11. The van der Waals surface area contributed by atoms with E-state index in [9.17, 15) is 4.79 Å². The summed E-state index contributed by atoms with van der Waals surface area (Å²) in [7, 11) is 0. The van der Waals surface area contributed by atoms with Crippen molar-refractivity contribution in [2.45, 2.75) is 12.8 Å². The Labute approximate surface area is 87.8 Å². The van der Waals surface area contributed by atoms with Gasteiger partial charge in [-0.1, -0.05) is 0 Å². The number of hydrogen-bond acceptors (Lipinski definition) is 3. The molecule has 0 radical (unpaired) electrons. The van der Waals surface area contributed by atoms with Crippen molar-refractivity contribution in [3.8, 4) is 0 Å². The summed E-state index contributed by atoms with van der Waals surface area (Å²) in [6.45, 7) is 0.726. The van der Waals surface area contributed by atoms with E-state index in [-0.39, 0.29) is 5.91 Å². The highest BCUT2D eigenvalue weighted by atomic mass is 32.1. The van der Waals surface area contributed by atoms with Crippen LogP contribution in [-0.2, 0) is 11.2 Å². The molecule has 1 rings (SSSR count). The fourth-order valence-electron chi connectivity index (χ4n) is 0.971. The number of thiophene rings is 1. The molecule has 13 heavy (non-hydrogen) atoms. The lowest BCUT2D eigenvalue weighted by Gasteiger charge is -2.01. The Morgan fingerprint density at radius 3 is 3.08 bits per heavy atom. The molecule has 1 heterocycles. The molecule has 72 valence electrons. The molecule has 1 aromatic rings. The van der Waals surface area contributed by atoms with E-state index in [1.807, 2.05) is 5.38 Å². The van der Waals surface area contributed by atoms with Crippen LogP contribution in [0.3, 0.4) is 0 Å². The molecule has 2 nitrogen and oxygen atoms in total. The highest BCUT2D eigenvalue weighted by Crippen LogP contribution is 2.05. The third-order valence-corrected chi connectivity index (χ3v) is 2.61. The lowest BCUT2D eigenvalue weighted by atomic mass is 10.2. The van der Waals surface area contributed by atoms with Crippen molar-refractivity contribution in [1.29, 1.82) is 0 Å². The van der Waals surface area contributed by atoms with E-state index in [0.29, 0.717) is 12.2 Å². The molecular formula is C9H13NOS2. The monoisotopic (exact) mass is 215 g/mol. The normalized spacial score (nSPS) is 9.92. The van der Waals surface area contributed by atoms with Crippen LogP contribution in [0.5, 0.6) is 0 Å². The summed E-state index contributed by atoms with van der Waals surface area (Å²) in [5.74, 6) is 0.704. The van der Waals surface area contributed by atoms with Crippen LogP contribution in [0.25, 0.3) is 0 Å².